The van der Waals surface area contributed by atoms with Gasteiger partial charge < -0.3 is 9.47 Å². The number of ether oxygens (including phenoxy) is 2. The van der Waals surface area contributed by atoms with E-state index in [0.717, 1.165) is 38.5 Å². The highest BCUT2D eigenvalue weighted by Gasteiger charge is 2.43. The fraction of sp³-hybridized carbons (Fsp3) is 0.864. The van der Waals surface area contributed by atoms with E-state index in [1.54, 1.807) is 0 Å². The van der Waals surface area contributed by atoms with Gasteiger partial charge in [-0.25, -0.2) is 0 Å². The van der Waals surface area contributed by atoms with E-state index >= 15 is 0 Å². The summed E-state index contributed by atoms with van der Waals surface area (Å²) in [5, 5.41) is 0. The van der Waals surface area contributed by atoms with Crippen LogP contribution in [0.3, 0.4) is 0 Å². The zero-order valence-electron chi connectivity index (χ0n) is 16.8. The molecule has 0 radical (unpaired) electrons. The maximum atomic E-state index is 12.1. The lowest BCUT2D eigenvalue weighted by atomic mass is 9.73. The Morgan fingerprint density at radius 1 is 0.815 bits per heavy atom. The quantitative estimate of drug-likeness (QED) is 0.361. The number of cyclic esters (lactones) is 2. The van der Waals surface area contributed by atoms with E-state index in [1.165, 1.54) is 0 Å². The molecule has 0 saturated carbocycles. The minimum atomic E-state index is -0.0795. The van der Waals surface area contributed by atoms with Gasteiger partial charge >= 0.3 is 11.9 Å². The number of esters is 2. The number of ketones is 1. The van der Waals surface area contributed by atoms with Gasteiger partial charge in [0, 0.05) is 12.8 Å². The molecule has 0 aromatic rings. The summed E-state index contributed by atoms with van der Waals surface area (Å²) in [5.74, 6) is 0.212. The third-order valence-electron chi connectivity index (χ3n) is 6.29. The first-order valence-corrected chi connectivity index (χ1v) is 9.98. The van der Waals surface area contributed by atoms with E-state index in [9.17, 15) is 14.4 Å². The number of carbonyl (C=O) groups excluding carboxylic acids is 3. The molecule has 0 aliphatic carbocycles. The van der Waals surface area contributed by atoms with Gasteiger partial charge in [-0.1, -0.05) is 48.0 Å². The minimum absolute atomic E-state index is 0. The monoisotopic (exact) mass is 382 g/mol. The van der Waals surface area contributed by atoms with Crippen LogP contribution in [0.2, 0.25) is 0 Å². The van der Waals surface area contributed by atoms with Crippen LogP contribution in [0.4, 0.5) is 0 Å². The summed E-state index contributed by atoms with van der Waals surface area (Å²) < 4.78 is 9.73. The first-order chi connectivity index (χ1) is 12.1. The van der Waals surface area contributed by atoms with Gasteiger partial charge in [-0.3, -0.25) is 14.4 Å². The van der Waals surface area contributed by atoms with Crippen LogP contribution in [0, 0.1) is 22.7 Å². The number of rotatable bonds is 12. The fourth-order valence-electron chi connectivity index (χ4n) is 3.84. The van der Waals surface area contributed by atoms with Crippen molar-refractivity contribution in [2.75, 3.05) is 13.2 Å². The van der Waals surface area contributed by atoms with Gasteiger partial charge in [-0.05, 0) is 36.5 Å². The fourth-order valence-corrected chi connectivity index (χ4v) is 3.84. The molecule has 0 bridgehead atoms. The lowest BCUT2D eigenvalue weighted by molar-refractivity contribution is -0.179. The van der Waals surface area contributed by atoms with Crippen LogP contribution in [0.5, 0.6) is 0 Å². The van der Waals surface area contributed by atoms with Gasteiger partial charge in [-0.15, -0.1) is 0 Å². The van der Waals surface area contributed by atoms with Crippen LogP contribution in [-0.2, 0) is 23.9 Å². The van der Waals surface area contributed by atoms with Crippen LogP contribution in [0.15, 0.2) is 0 Å². The summed E-state index contributed by atoms with van der Waals surface area (Å²) in [6.45, 7) is 9.53. The van der Waals surface area contributed by atoms with Gasteiger partial charge in [0.25, 0.3) is 0 Å². The topological polar surface area (TPSA) is 69.7 Å². The maximum absolute atomic E-state index is 12.1. The van der Waals surface area contributed by atoms with Crippen LogP contribution in [0.25, 0.3) is 0 Å². The summed E-state index contributed by atoms with van der Waals surface area (Å²) in [5.41, 5.74) is -0.0702. The molecule has 2 atom stereocenters. The van der Waals surface area contributed by atoms with Crippen LogP contribution >= 0.6 is 0 Å². The summed E-state index contributed by atoms with van der Waals surface area (Å²) >= 11 is 0. The number of hydrogen-bond acceptors (Lipinski definition) is 5. The number of unbranched alkanes of at least 4 members (excludes halogenated alkanes) is 2. The Morgan fingerprint density at radius 2 is 1.19 bits per heavy atom. The molecular formula is C22H38O5. The highest BCUT2D eigenvalue weighted by atomic mass is 16.6. The zero-order valence-corrected chi connectivity index (χ0v) is 16.8. The zero-order chi connectivity index (χ0) is 19.4. The molecular weight excluding hydrogens is 344 g/mol. The van der Waals surface area contributed by atoms with Crippen molar-refractivity contribution in [2.45, 2.75) is 86.5 Å². The third kappa shape index (κ3) is 6.32. The molecule has 0 spiro atoms. The van der Waals surface area contributed by atoms with Crippen LogP contribution in [0.1, 0.15) is 86.5 Å². The van der Waals surface area contributed by atoms with Crippen LogP contribution < -0.4 is 0 Å². The van der Waals surface area contributed by atoms with Crippen molar-refractivity contribution in [1.82, 2.24) is 0 Å². The summed E-state index contributed by atoms with van der Waals surface area (Å²) in [6, 6.07) is 0. The maximum Gasteiger partial charge on any atom is 0.312 e. The van der Waals surface area contributed by atoms with E-state index in [1.807, 2.05) is 0 Å². The molecule has 0 aromatic heterocycles. The smallest absolute Gasteiger partial charge is 0.312 e. The standard InChI is InChI=1S/C21H34O5.CH4/c1-20(2,16-13-25-18(16)23)11-7-5-9-15(22)10-6-8-12-21(3,4)17-14-26-19(17)24;/h16-17H,5-14H2,1-4H3;1H4. The molecule has 2 aliphatic heterocycles. The summed E-state index contributed by atoms with van der Waals surface area (Å²) in [4.78, 5) is 34.9. The highest BCUT2D eigenvalue weighted by molar-refractivity contribution is 5.79. The first-order valence-electron chi connectivity index (χ1n) is 9.98. The molecule has 2 heterocycles. The van der Waals surface area contributed by atoms with E-state index in [4.69, 9.17) is 9.47 Å². The Hall–Kier alpha value is -1.39. The summed E-state index contributed by atoms with van der Waals surface area (Å²) in [7, 11) is 0. The molecule has 0 aromatic carbocycles. The largest absolute Gasteiger partial charge is 0.464 e. The van der Waals surface area contributed by atoms with Crippen molar-refractivity contribution in [3.8, 4) is 0 Å². The van der Waals surface area contributed by atoms with E-state index in [0.29, 0.717) is 31.8 Å². The predicted octanol–water partition coefficient (Wildman–Crippen LogP) is 4.71. The van der Waals surface area contributed by atoms with Gasteiger partial charge in [0.2, 0.25) is 0 Å². The van der Waals surface area contributed by atoms with Gasteiger partial charge in [-0.2, -0.15) is 0 Å². The molecule has 156 valence electrons. The lowest BCUT2D eigenvalue weighted by Gasteiger charge is -2.38. The molecule has 2 saturated heterocycles. The van der Waals surface area contributed by atoms with Crippen molar-refractivity contribution < 1.29 is 23.9 Å². The average Bonchev–Trinajstić information content (AvgIpc) is 2.51. The number of hydrogen-bond donors (Lipinski definition) is 0. The van der Waals surface area contributed by atoms with E-state index in [2.05, 4.69) is 27.7 Å². The normalized spacial score (nSPS) is 22.1. The van der Waals surface area contributed by atoms with Crippen molar-refractivity contribution in [3.05, 3.63) is 0 Å². The third-order valence-corrected chi connectivity index (χ3v) is 6.29. The second-order valence-electron chi connectivity index (χ2n) is 9.30. The molecule has 0 N–H and O–H groups in total. The number of carbonyl (C=O) groups is 3. The molecule has 2 fully saturated rings. The molecule has 5 heteroatoms. The molecule has 2 unspecified atom stereocenters. The van der Waals surface area contributed by atoms with Crippen molar-refractivity contribution in [2.24, 2.45) is 22.7 Å². The molecule has 27 heavy (non-hydrogen) atoms. The predicted molar refractivity (Wildman–Crippen MR) is 105 cm³/mol. The average molecular weight is 383 g/mol. The van der Waals surface area contributed by atoms with Gasteiger partial charge in [0.1, 0.15) is 19.0 Å². The van der Waals surface area contributed by atoms with E-state index < -0.39 is 0 Å². The lowest BCUT2D eigenvalue weighted by Crippen LogP contribution is -2.44. The summed E-state index contributed by atoms with van der Waals surface area (Å²) in [6.07, 6.45) is 6.89. The van der Waals surface area contributed by atoms with E-state index in [-0.39, 0.29) is 42.0 Å². The van der Waals surface area contributed by atoms with Gasteiger partial charge in [0.05, 0.1) is 11.8 Å². The Balaban J connectivity index is 0.00000364. The van der Waals surface area contributed by atoms with Crippen molar-refractivity contribution >= 4 is 17.7 Å². The molecule has 5 nitrogen and oxygen atoms in total. The second-order valence-corrected chi connectivity index (χ2v) is 9.30. The van der Waals surface area contributed by atoms with Gasteiger partial charge in [0.15, 0.2) is 0 Å². The Morgan fingerprint density at radius 3 is 1.44 bits per heavy atom. The molecule has 0 amide bonds. The SMILES string of the molecule is C.CC(C)(CCCCC(=O)CCCCC(C)(C)C1COC1=O)C1COC1=O. The molecule has 2 rings (SSSR count). The Labute approximate surface area is 164 Å². The minimum Gasteiger partial charge on any atom is -0.464 e. The second kappa shape index (κ2) is 9.70. The van der Waals surface area contributed by atoms with Crippen molar-refractivity contribution in [1.29, 1.82) is 0 Å². The Bertz CT molecular complexity index is 489. The first kappa shape index (κ1) is 23.6. The molecule has 2 aliphatic rings. The van der Waals surface area contributed by atoms with Crippen LogP contribution in [-0.4, -0.2) is 30.9 Å². The van der Waals surface area contributed by atoms with Crippen molar-refractivity contribution in [3.63, 3.8) is 0 Å². The number of Topliss-reactive ketones (excluding diaryl/α,β-unsaturated/α-hetero) is 1. The highest BCUT2D eigenvalue weighted by Crippen LogP contribution is 2.39. The Kier molecular flexibility index (Phi) is 8.49.